The van der Waals surface area contributed by atoms with Gasteiger partial charge in [-0.25, -0.2) is 4.98 Å². The molecule has 0 spiro atoms. The minimum Gasteiger partial charge on any atom is -0.507 e. The van der Waals surface area contributed by atoms with Crippen molar-refractivity contribution in [2.24, 2.45) is 0 Å². The first-order chi connectivity index (χ1) is 35.5. The molecule has 4 nitrogen and oxygen atoms in total. The van der Waals surface area contributed by atoms with Crippen LogP contribution < -0.4 is 0 Å². The first-order valence-corrected chi connectivity index (χ1v) is 23.9. The van der Waals surface area contributed by atoms with E-state index in [0.717, 1.165) is 66.9 Å². The van der Waals surface area contributed by atoms with Crippen molar-refractivity contribution < 1.29 is 33.0 Å². The molecule has 0 aliphatic carbocycles. The monoisotopic (exact) mass is 1110 g/mol. The van der Waals surface area contributed by atoms with Crippen LogP contribution in [0.5, 0.6) is 5.75 Å². The van der Waals surface area contributed by atoms with Crippen LogP contribution in [0.1, 0.15) is 94.9 Å². The zero-order valence-corrected chi connectivity index (χ0v) is 43.7. The summed E-state index contributed by atoms with van der Waals surface area (Å²) < 4.78 is 47.9. The molecule has 10 aromatic rings. The van der Waals surface area contributed by atoms with Gasteiger partial charge in [-0.3, -0.25) is 9.55 Å². The van der Waals surface area contributed by atoms with E-state index in [1.807, 2.05) is 102 Å². The summed E-state index contributed by atoms with van der Waals surface area (Å²) in [5.74, 6) is -2.24. The Kier molecular flexibility index (Phi) is 12.0. The van der Waals surface area contributed by atoms with Crippen molar-refractivity contribution in [3.8, 4) is 89.7 Å². The fourth-order valence-corrected chi connectivity index (χ4v) is 9.38. The Hall–Kier alpha value is -7.13. The molecular formula is C66H60N3OPt-. The van der Waals surface area contributed by atoms with Crippen molar-refractivity contribution in [2.75, 3.05) is 0 Å². The maximum atomic E-state index is 12.6. The zero-order chi connectivity index (χ0) is 53.2. The van der Waals surface area contributed by atoms with Crippen LogP contribution in [0.2, 0.25) is 0 Å². The molecule has 1 N–H and O–H groups in total. The third-order valence-electron chi connectivity index (χ3n) is 13.4. The molecule has 0 fully saturated rings. The number of phenols is 1. The van der Waals surface area contributed by atoms with Gasteiger partial charge in [0.05, 0.1) is 22.3 Å². The van der Waals surface area contributed by atoms with Crippen LogP contribution in [0.25, 0.3) is 95.0 Å². The maximum Gasteiger partial charge on any atom is 0.148 e. The summed E-state index contributed by atoms with van der Waals surface area (Å²) in [5, 5.41) is 12.6. The Labute approximate surface area is 441 Å². The van der Waals surface area contributed by atoms with Crippen LogP contribution in [-0.4, -0.2) is 19.6 Å². The van der Waals surface area contributed by atoms with Gasteiger partial charge < -0.3 is 5.11 Å². The number of fused-ring (bicyclic) bond motifs is 1. The van der Waals surface area contributed by atoms with Crippen LogP contribution in [0.3, 0.4) is 0 Å². The molecule has 71 heavy (non-hydrogen) atoms. The minimum atomic E-state index is -2.56. The van der Waals surface area contributed by atoms with Gasteiger partial charge in [-0.05, 0) is 117 Å². The summed E-state index contributed by atoms with van der Waals surface area (Å²) in [5.41, 5.74) is 15.3. The molecule has 0 aliphatic rings. The van der Waals surface area contributed by atoms with Crippen LogP contribution in [0.4, 0.5) is 0 Å². The van der Waals surface area contributed by atoms with E-state index in [2.05, 4.69) is 100 Å². The van der Waals surface area contributed by atoms with E-state index in [0.29, 0.717) is 44.8 Å². The number of hydrogen-bond donors (Lipinski definition) is 1. The third kappa shape index (κ3) is 9.71. The Bertz CT molecular complexity index is 3750. The van der Waals surface area contributed by atoms with Crippen LogP contribution in [0, 0.1) is 19.8 Å². The summed E-state index contributed by atoms with van der Waals surface area (Å²) in [7, 11) is 0. The van der Waals surface area contributed by atoms with Crippen LogP contribution in [0.15, 0.2) is 182 Å². The summed E-state index contributed by atoms with van der Waals surface area (Å²) in [4.78, 5) is 10.5. The fourth-order valence-electron chi connectivity index (χ4n) is 9.38. The zero-order valence-electron chi connectivity index (χ0n) is 46.4. The van der Waals surface area contributed by atoms with Crippen molar-refractivity contribution >= 4 is 11.0 Å². The number of para-hydroxylation sites is 1. The summed E-state index contributed by atoms with van der Waals surface area (Å²) in [6.07, 6.45) is 1.83. The first-order valence-electron chi connectivity index (χ1n) is 26.4. The number of rotatable bonds is 10. The molecule has 0 bridgehead atoms. The van der Waals surface area contributed by atoms with E-state index < -0.39 is 18.6 Å². The molecule has 0 aliphatic heterocycles. The second kappa shape index (κ2) is 19.9. The van der Waals surface area contributed by atoms with Gasteiger partial charge in [0, 0.05) is 45.4 Å². The normalized spacial score (nSPS) is 13.2. The predicted octanol–water partition coefficient (Wildman–Crippen LogP) is 17.8. The number of benzene rings is 8. The van der Waals surface area contributed by atoms with Gasteiger partial charge in [0.15, 0.2) is 0 Å². The number of phenolic OH excluding ortho intramolecular Hbond substituents is 1. The maximum absolute atomic E-state index is 12.6. The molecule has 0 unspecified atom stereocenters. The number of pyridine rings is 1. The summed E-state index contributed by atoms with van der Waals surface area (Å²) in [6.45, 7) is 13.0. The quantitative estimate of drug-likeness (QED) is 0.139. The predicted molar refractivity (Wildman–Crippen MR) is 294 cm³/mol. The standard InChI is InChI=1S/C66H60N3O.Pt/c1-41(2)50-37-56(42(3)4)64(70)59(38-50)65-68-63-55(52-34-51(45-17-12-10-13-18-45)35-53(36-52)60-39-49(31-32-67-60)46-25-23-43(5)24-26-46)21-16-22-61(63)69(65)62-33-44(6)57(40-58(62)47-19-14-11-15-20-47)48-27-29-54(30-28-48)66(7,8)9;/h10-35,37-42,70H,1-9H3;/q-1;/i6D3,41D,42D;. The smallest absolute Gasteiger partial charge is 0.148 e. The second-order valence-corrected chi connectivity index (χ2v) is 19.8. The Morgan fingerprint density at radius 2 is 1.24 bits per heavy atom. The largest absolute Gasteiger partial charge is 0.507 e. The van der Waals surface area contributed by atoms with Crippen molar-refractivity contribution in [2.45, 2.75) is 79.4 Å². The van der Waals surface area contributed by atoms with Crippen LogP contribution >= 0.6 is 0 Å². The minimum absolute atomic E-state index is 0. The molecular weight excluding hydrogens is 1050 g/mol. The average molecular weight is 1110 g/mol. The van der Waals surface area contributed by atoms with Gasteiger partial charge in [0.2, 0.25) is 0 Å². The molecule has 0 radical (unpaired) electrons. The van der Waals surface area contributed by atoms with Crippen molar-refractivity contribution in [1.82, 2.24) is 14.5 Å². The Morgan fingerprint density at radius 3 is 1.90 bits per heavy atom. The first kappa shape index (κ1) is 42.7. The van der Waals surface area contributed by atoms with Crippen molar-refractivity contribution in [3.63, 3.8) is 0 Å². The fraction of sp³-hybridized carbons (Fsp3) is 0.182. The Balaban J connectivity index is 0.00000706. The molecule has 5 heteroatoms. The molecule has 8 aromatic carbocycles. The van der Waals surface area contributed by atoms with Gasteiger partial charge in [-0.2, -0.15) is 0 Å². The van der Waals surface area contributed by atoms with Gasteiger partial charge >= 0.3 is 0 Å². The van der Waals surface area contributed by atoms with Gasteiger partial charge in [0.1, 0.15) is 11.6 Å². The SMILES string of the molecule is [2H]C([2H])([2H])c1cc(-n2c(-c3cc(C([2H])(C)C)cc(C([2H])(C)C)c3O)nc3c(-c4[c-]c(-c5cc(-c6ccc(C)cc6)ccn5)cc(-c5ccccc5)c4)cccc32)c(-c2ccccc2)cc1-c1ccc(C(C)(C)C)cc1.[Pt]. The molecule has 0 saturated carbocycles. The average Bonchev–Trinajstić information content (AvgIpc) is 3.79. The topological polar surface area (TPSA) is 50.9 Å². The van der Waals surface area contributed by atoms with E-state index in [9.17, 15) is 7.85 Å². The van der Waals surface area contributed by atoms with Crippen molar-refractivity contribution in [3.05, 3.63) is 216 Å². The molecule has 2 heterocycles. The van der Waals surface area contributed by atoms with Gasteiger partial charge in [0.25, 0.3) is 0 Å². The van der Waals surface area contributed by atoms with Gasteiger partial charge in [-0.15, -0.1) is 23.8 Å². The van der Waals surface area contributed by atoms with E-state index in [1.165, 1.54) is 5.56 Å². The number of aromatic nitrogens is 3. The molecule has 0 amide bonds. The number of hydrogen-bond acceptors (Lipinski definition) is 3. The van der Waals surface area contributed by atoms with E-state index in [-0.39, 0.29) is 37.8 Å². The number of imidazole rings is 1. The Morgan fingerprint density at radius 1 is 0.592 bits per heavy atom. The molecule has 356 valence electrons. The van der Waals surface area contributed by atoms with Crippen LogP contribution in [-0.2, 0) is 26.5 Å². The van der Waals surface area contributed by atoms with E-state index >= 15 is 0 Å². The van der Waals surface area contributed by atoms with Gasteiger partial charge in [-0.1, -0.05) is 204 Å². The summed E-state index contributed by atoms with van der Waals surface area (Å²) in [6, 6.07) is 62.0. The summed E-state index contributed by atoms with van der Waals surface area (Å²) >= 11 is 0. The molecule has 10 rings (SSSR count). The second-order valence-electron chi connectivity index (χ2n) is 19.8. The van der Waals surface area contributed by atoms with E-state index in [4.69, 9.17) is 14.1 Å². The number of aromatic hydroxyl groups is 1. The molecule has 0 saturated heterocycles. The number of nitrogens with zero attached hydrogens (tertiary/aromatic N) is 3. The number of aryl methyl sites for hydroxylation is 2. The third-order valence-corrected chi connectivity index (χ3v) is 13.4. The van der Waals surface area contributed by atoms with Crippen molar-refractivity contribution in [1.29, 1.82) is 0 Å². The molecule has 2 aromatic heterocycles. The molecule has 0 atom stereocenters. The van der Waals surface area contributed by atoms with E-state index in [1.54, 1.807) is 45.9 Å².